The van der Waals surface area contributed by atoms with E-state index in [-0.39, 0.29) is 19.0 Å². The van der Waals surface area contributed by atoms with Crippen LogP contribution < -0.4 is 9.64 Å². The minimum absolute atomic E-state index is 0.00343. The lowest BCUT2D eigenvalue weighted by atomic mass is 10.0. The normalized spacial score (nSPS) is 13.2. The first kappa shape index (κ1) is 19.6. The topological polar surface area (TPSA) is 84.7 Å². The van der Waals surface area contributed by atoms with Crippen molar-refractivity contribution in [1.82, 2.24) is 4.98 Å². The van der Waals surface area contributed by atoms with Gasteiger partial charge in [-0.05, 0) is 38.0 Å². The number of anilines is 1. The van der Waals surface area contributed by atoms with Gasteiger partial charge < -0.3 is 19.1 Å². The van der Waals surface area contributed by atoms with Gasteiger partial charge in [-0.3, -0.25) is 4.98 Å². The number of hydrogen-bond acceptors (Lipinski definition) is 7. The van der Waals surface area contributed by atoms with Gasteiger partial charge in [-0.2, -0.15) is 5.26 Å². The third-order valence-corrected chi connectivity index (χ3v) is 4.55. The van der Waals surface area contributed by atoms with Crippen LogP contribution in [0.5, 0.6) is 5.75 Å². The Morgan fingerprint density at radius 2 is 2.07 bits per heavy atom. The summed E-state index contributed by atoms with van der Waals surface area (Å²) in [5, 5.41) is 9.60. The summed E-state index contributed by atoms with van der Waals surface area (Å²) in [5.41, 5.74) is 3.12. The largest absolute Gasteiger partial charge is 0.465 e. The first-order chi connectivity index (χ1) is 13.7. The van der Waals surface area contributed by atoms with Crippen molar-refractivity contribution in [1.29, 1.82) is 5.26 Å². The molecule has 7 nitrogen and oxygen atoms in total. The number of nitriles is 1. The first-order valence-corrected chi connectivity index (χ1v) is 9.26. The number of rotatable bonds is 7. The van der Waals surface area contributed by atoms with Crippen LogP contribution in [0.2, 0.25) is 0 Å². The quantitative estimate of drug-likeness (QED) is 0.537. The molecule has 1 saturated heterocycles. The van der Waals surface area contributed by atoms with Gasteiger partial charge in [-0.1, -0.05) is 6.07 Å². The number of benzene rings is 1. The zero-order valence-corrected chi connectivity index (χ0v) is 16.1. The van der Waals surface area contributed by atoms with Crippen molar-refractivity contribution in [3.8, 4) is 23.1 Å². The van der Waals surface area contributed by atoms with Crippen LogP contribution in [0.3, 0.4) is 0 Å². The number of methoxy groups -OCH3 is 1. The van der Waals surface area contributed by atoms with E-state index >= 15 is 0 Å². The molecule has 0 spiro atoms. The Bertz CT molecular complexity index is 886. The van der Waals surface area contributed by atoms with Gasteiger partial charge in [0.1, 0.15) is 11.6 Å². The monoisotopic (exact) mass is 381 g/mol. The maximum atomic E-state index is 12.3. The molecule has 7 heteroatoms. The molecule has 0 N–H and O–H groups in total. The molecule has 0 unspecified atom stereocenters. The Hall–Kier alpha value is -3.11. The minimum Gasteiger partial charge on any atom is -0.465 e. The molecule has 0 aliphatic carbocycles. The number of nitrogens with zero attached hydrogens (tertiary/aromatic N) is 3. The van der Waals surface area contributed by atoms with E-state index in [1.807, 2.05) is 12.1 Å². The Balaban J connectivity index is 1.97. The standard InChI is InChI=1S/C21H23N3O4/c1-3-27-21(25)17-11-18(23-13-20(17)28-14-26-2)15-6-7-19(16(10-15)12-22)24-8-4-5-9-24/h6-7,10-11,13H,3-5,8-9,14H2,1-2H3. The molecule has 3 rings (SSSR count). The first-order valence-electron chi connectivity index (χ1n) is 9.26. The van der Waals surface area contributed by atoms with Gasteiger partial charge in [-0.15, -0.1) is 0 Å². The van der Waals surface area contributed by atoms with Crippen molar-refractivity contribution >= 4 is 11.7 Å². The van der Waals surface area contributed by atoms with E-state index in [1.165, 1.54) is 13.3 Å². The molecule has 1 fully saturated rings. The highest BCUT2D eigenvalue weighted by atomic mass is 16.7. The van der Waals surface area contributed by atoms with Crippen LogP contribution in [0, 0.1) is 11.3 Å². The fourth-order valence-electron chi connectivity index (χ4n) is 3.23. The highest BCUT2D eigenvalue weighted by Gasteiger charge is 2.19. The summed E-state index contributed by atoms with van der Waals surface area (Å²) >= 11 is 0. The fraction of sp³-hybridized carbons (Fsp3) is 0.381. The van der Waals surface area contributed by atoms with E-state index in [0.29, 0.717) is 17.0 Å². The Morgan fingerprint density at radius 3 is 2.75 bits per heavy atom. The van der Waals surface area contributed by atoms with E-state index in [1.54, 1.807) is 19.1 Å². The van der Waals surface area contributed by atoms with Crippen LogP contribution in [0.15, 0.2) is 30.5 Å². The van der Waals surface area contributed by atoms with Gasteiger partial charge in [0.25, 0.3) is 0 Å². The maximum absolute atomic E-state index is 12.3. The van der Waals surface area contributed by atoms with E-state index in [0.717, 1.165) is 37.2 Å². The molecular formula is C21H23N3O4. The molecule has 0 radical (unpaired) electrons. The molecule has 146 valence electrons. The van der Waals surface area contributed by atoms with Crippen LogP contribution in [-0.2, 0) is 9.47 Å². The van der Waals surface area contributed by atoms with E-state index < -0.39 is 5.97 Å². The number of aromatic nitrogens is 1. The molecule has 28 heavy (non-hydrogen) atoms. The number of hydrogen-bond donors (Lipinski definition) is 0. The van der Waals surface area contributed by atoms with Gasteiger partial charge in [0.2, 0.25) is 0 Å². The molecular weight excluding hydrogens is 358 g/mol. The van der Waals surface area contributed by atoms with Crippen molar-refractivity contribution in [2.75, 3.05) is 38.5 Å². The molecule has 1 aliphatic heterocycles. The molecule has 0 bridgehead atoms. The summed E-state index contributed by atoms with van der Waals surface area (Å²) in [4.78, 5) is 19.0. The maximum Gasteiger partial charge on any atom is 0.342 e. The molecule has 0 saturated carbocycles. The number of carbonyl (C=O) groups excluding carboxylic acids is 1. The second-order valence-electron chi connectivity index (χ2n) is 6.37. The highest BCUT2D eigenvalue weighted by molar-refractivity contribution is 5.93. The summed E-state index contributed by atoms with van der Waals surface area (Å²) in [6, 6.07) is 9.57. The Labute approximate surface area is 164 Å². The molecule has 1 aliphatic rings. The van der Waals surface area contributed by atoms with Crippen LogP contribution in [0.1, 0.15) is 35.7 Å². The number of esters is 1. The van der Waals surface area contributed by atoms with Crippen LogP contribution in [0.25, 0.3) is 11.3 Å². The summed E-state index contributed by atoms with van der Waals surface area (Å²) in [5.74, 6) is -0.204. The average Bonchev–Trinajstić information content (AvgIpc) is 3.26. The van der Waals surface area contributed by atoms with E-state index in [9.17, 15) is 10.1 Å². The number of carbonyl (C=O) groups is 1. The Morgan fingerprint density at radius 1 is 1.29 bits per heavy atom. The summed E-state index contributed by atoms with van der Waals surface area (Å²) in [6.45, 7) is 3.92. The molecule has 0 atom stereocenters. The van der Waals surface area contributed by atoms with Gasteiger partial charge in [0.05, 0.1) is 29.7 Å². The molecule has 2 heterocycles. The fourth-order valence-corrected chi connectivity index (χ4v) is 3.23. The lowest BCUT2D eigenvalue weighted by Gasteiger charge is -2.19. The molecule has 1 aromatic heterocycles. The van der Waals surface area contributed by atoms with E-state index in [2.05, 4.69) is 16.0 Å². The lowest BCUT2D eigenvalue weighted by molar-refractivity contribution is 0.0436. The third kappa shape index (κ3) is 4.24. The third-order valence-electron chi connectivity index (χ3n) is 4.55. The molecule has 0 amide bonds. The highest BCUT2D eigenvalue weighted by Crippen LogP contribution is 2.30. The van der Waals surface area contributed by atoms with Crippen molar-refractivity contribution < 1.29 is 19.0 Å². The zero-order valence-electron chi connectivity index (χ0n) is 16.1. The summed E-state index contributed by atoms with van der Waals surface area (Å²) < 4.78 is 15.5. The predicted octanol–water partition coefficient (Wildman–Crippen LogP) is 3.38. The summed E-state index contributed by atoms with van der Waals surface area (Å²) in [6.07, 6.45) is 3.75. The van der Waals surface area contributed by atoms with Crippen LogP contribution in [-0.4, -0.2) is 44.6 Å². The molecule has 2 aromatic rings. The van der Waals surface area contributed by atoms with Crippen molar-refractivity contribution in [2.24, 2.45) is 0 Å². The van der Waals surface area contributed by atoms with Gasteiger partial charge in [-0.25, -0.2) is 4.79 Å². The number of ether oxygens (including phenoxy) is 3. The second-order valence-corrected chi connectivity index (χ2v) is 6.37. The van der Waals surface area contributed by atoms with Crippen molar-refractivity contribution in [3.63, 3.8) is 0 Å². The van der Waals surface area contributed by atoms with Crippen molar-refractivity contribution in [2.45, 2.75) is 19.8 Å². The SMILES string of the molecule is CCOC(=O)c1cc(-c2ccc(N3CCCC3)c(C#N)c2)ncc1OCOC. The lowest BCUT2D eigenvalue weighted by Crippen LogP contribution is -2.18. The summed E-state index contributed by atoms with van der Waals surface area (Å²) in [7, 11) is 1.50. The van der Waals surface area contributed by atoms with Gasteiger partial charge in [0, 0.05) is 25.8 Å². The van der Waals surface area contributed by atoms with Crippen LogP contribution in [0.4, 0.5) is 5.69 Å². The van der Waals surface area contributed by atoms with Gasteiger partial charge >= 0.3 is 5.97 Å². The predicted molar refractivity (Wildman–Crippen MR) is 104 cm³/mol. The van der Waals surface area contributed by atoms with Gasteiger partial charge in [0.15, 0.2) is 12.5 Å². The van der Waals surface area contributed by atoms with Crippen LogP contribution >= 0.6 is 0 Å². The minimum atomic E-state index is -0.494. The van der Waals surface area contributed by atoms with Crippen molar-refractivity contribution in [3.05, 3.63) is 41.6 Å². The van der Waals surface area contributed by atoms with E-state index in [4.69, 9.17) is 14.2 Å². The zero-order chi connectivity index (χ0) is 19.9. The molecule has 1 aromatic carbocycles. The smallest absolute Gasteiger partial charge is 0.342 e. The number of pyridine rings is 1. The average molecular weight is 381 g/mol. The Kier molecular flexibility index (Phi) is 6.45. The second kappa shape index (κ2) is 9.20.